The molecule has 2 amide bonds. The molecule has 0 aliphatic heterocycles. The predicted molar refractivity (Wildman–Crippen MR) is 97.1 cm³/mol. The van der Waals surface area contributed by atoms with Crippen LogP contribution in [-0.2, 0) is 16.1 Å². The Labute approximate surface area is 149 Å². The number of carbonyl (C=O) groups is 2. The van der Waals surface area contributed by atoms with Crippen LogP contribution in [0.2, 0.25) is 0 Å². The first-order chi connectivity index (χ1) is 10.7. The van der Waals surface area contributed by atoms with Gasteiger partial charge in [0, 0.05) is 13.1 Å². The second-order valence-electron chi connectivity index (χ2n) is 6.45. The van der Waals surface area contributed by atoms with Gasteiger partial charge in [-0.15, -0.1) is 12.4 Å². The molecule has 0 saturated carbocycles. The second-order valence-corrected chi connectivity index (χ2v) is 6.45. The highest BCUT2D eigenvalue weighted by Crippen LogP contribution is 2.18. The van der Waals surface area contributed by atoms with Gasteiger partial charge in [-0.1, -0.05) is 32.9 Å². The summed E-state index contributed by atoms with van der Waals surface area (Å²) in [4.78, 5) is 23.4. The van der Waals surface area contributed by atoms with Crippen molar-refractivity contribution >= 4 is 24.2 Å². The molecule has 0 unspecified atom stereocenters. The summed E-state index contributed by atoms with van der Waals surface area (Å²) in [7, 11) is 0. The molecule has 1 atom stereocenters. The molecule has 0 bridgehead atoms. The van der Waals surface area contributed by atoms with Crippen LogP contribution in [0.5, 0.6) is 5.75 Å². The number of likely N-dealkylation sites (N-methyl/N-ethyl adjacent to an activating group) is 1. The molecular weight excluding hydrogens is 330 g/mol. The number of amides is 2. The van der Waals surface area contributed by atoms with E-state index < -0.39 is 6.04 Å². The maximum Gasteiger partial charge on any atom is 0.257 e. The van der Waals surface area contributed by atoms with Crippen LogP contribution in [0.15, 0.2) is 24.3 Å². The first kappa shape index (κ1) is 22.2. The van der Waals surface area contributed by atoms with E-state index in [4.69, 9.17) is 10.5 Å². The van der Waals surface area contributed by atoms with E-state index in [0.29, 0.717) is 18.8 Å². The van der Waals surface area contributed by atoms with E-state index in [2.05, 4.69) is 10.6 Å². The molecule has 0 radical (unpaired) electrons. The summed E-state index contributed by atoms with van der Waals surface area (Å²) in [5.74, 6) is 0.233. The van der Waals surface area contributed by atoms with Gasteiger partial charge in [-0.2, -0.15) is 0 Å². The highest BCUT2D eigenvalue weighted by molar-refractivity contribution is 5.85. The van der Waals surface area contributed by atoms with Gasteiger partial charge in [-0.3, -0.25) is 9.59 Å². The smallest absolute Gasteiger partial charge is 0.257 e. The fourth-order valence-corrected chi connectivity index (χ4v) is 1.83. The zero-order valence-corrected chi connectivity index (χ0v) is 15.5. The number of halogens is 1. The Morgan fingerprint density at radius 1 is 1.25 bits per heavy atom. The molecule has 136 valence electrons. The fourth-order valence-electron chi connectivity index (χ4n) is 1.83. The van der Waals surface area contributed by atoms with Crippen LogP contribution in [0.1, 0.15) is 33.3 Å². The topological polar surface area (TPSA) is 93.5 Å². The van der Waals surface area contributed by atoms with Gasteiger partial charge < -0.3 is 21.1 Å². The van der Waals surface area contributed by atoms with Crippen LogP contribution in [0, 0.1) is 5.41 Å². The van der Waals surface area contributed by atoms with Crippen molar-refractivity contribution in [1.82, 2.24) is 10.6 Å². The van der Waals surface area contributed by atoms with E-state index in [0.717, 1.165) is 5.56 Å². The summed E-state index contributed by atoms with van der Waals surface area (Å²) in [6.07, 6.45) is 0. The average molecular weight is 358 g/mol. The quantitative estimate of drug-likeness (QED) is 0.691. The molecule has 7 heteroatoms. The number of nitrogens with two attached hydrogens (primary N) is 1. The van der Waals surface area contributed by atoms with E-state index in [9.17, 15) is 9.59 Å². The lowest BCUT2D eigenvalue weighted by Gasteiger charge is -2.25. The molecule has 0 aromatic heterocycles. The summed E-state index contributed by atoms with van der Waals surface area (Å²) >= 11 is 0. The number of nitrogens with one attached hydrogen (secondary N) is 2. The third kappa shape index (κ3) is 7.66. The minimum Gasteiger partial charge on any atom is -0.484 e. The van der Waals surface area contributed by atoms with Gasteiger partial charge in [0.05, 0.1) is 6.04 Å². The molecule has 4 N–H and O–H groups in total. The van der Waals surface area contributed by atoms with Crippen molar-refractivity contribution < 1.29 is 14.3 Å². The third-order valence-corrected chi connectivity index (χ3v) is 3.32. The van der Waals surface area contributed by atoms with Gasteiger partial charge in [-0.05, 0) is 30.0 Å². The number of carbonyl (C=O) groups excluding carboxylic acids is 2. The summed E-state index contributed by atoms with van der Waals surface area (Å²) in [6, 6.07) is 6.69. The highest BCUT2D eigenvalue weighted by atomic mass is 35.5. The lowest BCUT2D eigenvalue weighted by Crippen LogP contribution is -2.48. The van der Waals surface area contributed by atoms with Crippen molar-refractivity contribution in [2.45, 2.75) is 40.3 Å². The van der Waals surface area contributed by atoms with Crippen molar-refractivity contribution in [3.05, 3.63) is 29.8 Å². The monoisotopic (exact) mass is 357 g/mol. The molecule has 1 rings (SSSR count). The van der Waals surface area contributed by atoms with Gasteiger partial charge in [-0.25, -0.2) is 0 Å². The summed E-state index contributed by atoms with van der Waals surface area (Å²) in [5, 5.41) is 5.48. The van der Waals surface area contributed by atoms with Crippen LogP contribution in [-0.4, -0.2) is 31.0 Å². The highest BCUT2D eigenvalue weighted by Gasteiger charge is 2.27. The number of benzene rings is 1. The fraction of sp³-hybridized carbons (Fsp3) is 0.529. The molecule has 0 fully saturated rings. The standard InChI is InChI=1S/C17H27N3O3.ClH/c1-5-19-14(21)11-23-13-8-6-7-12(9-13)10-20-16(22)15(18)17(2,3)4;/h6-9,15H,5,10-11,18H2,1-4H3,(H,19,21)(H,20,22);1H/t15-;/m1./s1. The molecule has 6 nitrogen and oxygen atoms in total. The first-order valence-corrected chi connectivity index (χ1v) is 7.75. The lowest BCUT2D eigenvalue weighted by atomic mass is 9.87. The SMILES string of the molecule is CCNC(=O)COc1cccc(CNC(=O)[C@@H](N)C(C)(C)C)c1.Cl. The normalized spacial score (nSPS) is 11.9. The van der Waals surface area contributed by atoms with Crippen molar-refractivity contribution in [3.8, 4) is 5.75 Å². The Kier molecular flexibility index (Phi) is 9.40. The van der Waals surface area contributed by atoms with E-state index in [1.165, 1.54) is 0 Å². The Balaban J connectivity index is 0.00000529. The number of hydrogen-bond donors (Lipinski definition) is 3. The summed E-state index contributed by atoms with van der Waals surface area (Å²) in [6.45, 7) is 8.53. The van der Waals surface area contributed by atoms with E-state index >= 15 is 0 Å². The van der Waals surface area contributed by atoms with Gasteiger partial charge in [0.25, 0.3) is 5.91 Å². The Hall–Kier alpha value is -1.79. The maximum absolute atomic E-state index is 12.0. The molecule has 0 aliphatic carbocycles. The van der Waals surface area contributed by atoms with Crippen LogP contribution in [0.25, 0.3) is 0 Å². The van der Waals surface area contributed by atoms with Crippen LogP contribution in [0.3, 0.4) is 0 Å². The number of hydrogen-bond acceptors (Lipinski definition) is 4. The average Bonchev–Trinajstić information content (AvgIpc) is 2.49. The molecule has 0 spiro atoms. The van der Waals surface area contributed by atoms with Gasteiger partial charge in [0.2, 0.25) is 5.91 Å². The minimum absolute atomic E-state index is 0. The van der Waals surface area contributed by atoms with E-state index in [1.54, 1.807) is 12.1 Å². The minimum atomic E-state index is -0.570. The molecule has 0 aliphatic rings. The first-order valence-electron chi connectivity index (χ1n) is 7.75. The number of rotatable bonds is 7. The van der Waals surface area contributed by atoms with Gasteiger partial charge >= 0.3 is 0 Å². The molecule has 0 heterocycles. The van der Waals surface area contributed by atoms with Crippen molar-refractivity contribution in [3.63, 3.8) is 0 Å². The third-order valence-electron chi connectivity index (χ3n) is 3.32. The molecular formula is C17H28ClN3O3. The number of ether oxygens (including phenoxy) is 1. The van der Waals surface area contributed by atoms with Crippen LogP contribution < -0.4 is 21.1 Å². The van der Waals surface area contributed by atoms with Crippen molar-refractivity contribution in [2.24, 2.45) is 11.1 Å². The maximum atomic E-state index is 12.0. The lowest BCUT2D eigenvalue weighted by molar-refractivity contribution is -0.124. The zero-order chi connectivity index (χ0) is 17.5. The van der Waals surface area contributed by atoms with E-state index in [1.807, 2.05) is 39.8 Å². The van der Waals surface area contributed by atoms with Crippen LogP contribution >= 0.6 is 12.4 Å². The van der Waals surface area contributed by atoms with E-state index in [-0.39, 0.29) is 36.2 Å². The van der Waals surface area contributed by atoms with Gasteiger partial charge in [0.1, 0.15) is 5.75 Å². The Bertz CT molecular complexity index is 544. The molecule has 1 aromatic carbocycles. The predicted octanol–water partition coefficient (Wildman–Crippen LogP) is 1.61. The van der Waals surface area contributed by atoms with Crippen molar-refractivity contribution in [2.75, 3.05) is 13.2 Å². The molecule has 0 saturated heterocycles. The largest absolute Gasteiger partial charge is 0.484 e. The molecule has 24 heavy (non-hydrogen) atoms. The zero-order valence-electron chi connectivity index (χ0n) is 14.7. The van der Waals surface area contributed by atoms with Gasteiger partial charge in [0.15, 0.2) is 6.61 Å². The second kappa shape index (κ2) is 10.2. The summed E-state index contributed by atoms with van der Waals surface area (Å²) in [5.41, 5.74) is 6.51. The van der Waals surface area contributed by atoms with Crippen LogP contribution in [0.4, 0.5) is 0 Å². The Morgan fingerprint density at radius 2 is 1.92 bits per heavy atom. The molecule has 1 aromatic rings. The Morgan fingerprint density at radius 3 is 2.50 bits per heavy atom. The van der Waals surface area contributed by atoms with Crippen molar-refractivity contribution in [1.29, 1.82) is 0 Å². The summed E-state index contributed by atoms with van der Waals surface area (Å²) < 4.78 is 5.42.